The van der Waals surface area contributed by atoms with Gasteiger partial charge in [-0.1, -0.05) is 37.3 Å². The number of hydrazine groups is 1. The molecular weight excluding hydrogens is 438 g/mol. The zero-order valence-corrected chi connectivity index (χ0v) is 19.7. The lowest BCUT2D eigenvalue weighted by Crippen LogP contribution is -2.50. The van der Waals surface area contributed by atoms with Gasteiger partial charge in [0.2, 0.25) is 5.91 Å². The van der Waals surface area contributed by atoms with Gasteiger partial charge in [-0.05, 0) is 49.7 Å². The molecule has 1 saturated heterocycles. The summed E-state index contributed by atoms with van der Waals surface area (Å²) >= 11 is 0. The third kappa shape index (κ3) is 5.34. The largest absolute Gasteiger partial charge is 0.497 e. The van der Waals surface area contributed by atoms with Gasteiger partial charge in [0.15, 0.2) is 0 Å². The lowest BCUT2D eigenvalue weighted by Gasteiger charge is -2.23. The number of benzene rings is 2. The first-order valence-electron chi connectivity index (χ1n) is 10.8. The second-order valence-corrected chi connectivity index (χ2v) is 8.19. The number of imide groups is 1. The average Bonchev–Trinajstić information content (AvgIpc) is 3.03. The van der Waals surface area contributed by atoms with E-state index in [1.165, 1.54) is 12.0 Å². The van der Waals surface area contributed by atoms with Crippen LogP contribution in [-0.2, 0) is 26.3 Å². The lowest BCUT2D eigenvalue weighted by molar-refractivity contribution is -0.139. The van der Waals surface area contributed by atoms with Crippen LogP contribution in [0.15, 0.2) is 48.5 Å². The highest BCUT2D eigenvalue weighted by molar-refractivity contribution is 6.08. The van der Waals surface area contributed by atoms with Gasteiger partial charge in [-0.15, -0.1) is 0 Å². The van der Waals surface area contributed by atoms with E-state index in [0.29, 0.717) is 16.3 Å². The number of nitrogens with zero attached hydrogens (tertiary/aromatic N) is 2. The second kappa shape index (κ2) is 10.3. The smallest absolute Gasteiger partial charge is 0.344 e. The summed E-state index contributed by atoms with van der Waals surface area (Å²) in [6, 6.07) is 13.5. The number of ether oxygens (including phenoxy) is 1. The maximum atomic E-state index is 13.0. The fourth-order valence-corrected chi connectivity index (χ4v) is 3.72. The first kappa shape index (κ1) is 24.7. The van der Waals surface area contributed by atoms with Gasteiger partial charge >= 0.3 is 6.03 Å². The summed E-state index contributed by atoms with van der Waals surface area (Å²) in [6.07, 6.45) is 0.773. The minimum Gasteiger partial charge on any atom is -0.497 e. The molecule has 1 atom stereocenters. The molecule has 1 fully saturated rings. The number of hydrogen-bond donors (Lipinski definition) is 3. The molecule has 34 heavy (non-hydrogen) atoms. The van der Waals surface area contributed by atoms with Crippen molar-refractivity contribution in [2.75, 3.05) is 32.6 Å². The quantitative estimate of drug-likeness (QED) is 0.482. The number of aryl methyl sites for hydroxylation is 1. The Morgan fingerprint density at radius 1 is 1.09 bits per heavy atom. The summed E-state index contributed by atoms with van der Waals surface area (Å²) in [6.45, 7) is 3.30. The van der Waals surface area contributed by atoms with Crippen molar-refractivity contribution in [2.24, 2.45) is 0 Å². The van der Waals surface area contributed by atoms with Crippen LogP contribution >= 0.6 is 0 Å². The number of carbonyl (C=O) groups is 4. The van der Waals surface area contributed by atoms with Crippen molar-refractivity contribution in [3.63, 3.8) is 0 Å². The SMILES string of the molecule is CCc1ccccc1NC(=O)CN(C)CC(=O)NN1C(=O)NC(C)(c2cccc(OC)c2)C1=O. The maximum absolute atomic E-state index is 13.0. The molecule has 3 N–H and O–H groups in total. The number of urea groups is 1. The number of likely N-dealkylation sites (N-methyl/N-ethyl adjacent to an activating group) is 1. The number of nitrogens with one attached hydrogen (secondary N) is 3. The van der Waals surface area contributed by atoms with E-state index < -0.39 is 23.4 Å². The molecule has 5 amide bonds. The van der Waals surface area contributed by atoms with E-state index in [9.17, 15) is 19.2 Å². The highest BCUT2D eigenvalue weighted by atomic mass is 16.5. The number of hydrogen-bond acceptors (Lipinski definition) is 6. The van der Waals surface area contributed by atoms with Crippen LogP contribution in [0.5, 0.6) is 5.75 Å². The van der Waals surface area contributed by atoms with Crippen molar-refractivity contribution in [1.82, 2.24) is 20.7 Å². The normalized spacial score (nSPS) is 17.5. The van der Waals surface area contributed by atoms with Crippen molar-refractivity contribution in [3.05, 3.63) is 59.7 Å². The van der Waals surface area contributed by atoms with Gasteiger partial charge < -0.3 is 15.4 Å². The zero-order valence-electron chi connectivity index (χ0n) is 19.7. The first-order chi connectivity index (χ1) is 16.2. The van der Waals surface area contributed by atoms with Gasteiger partial charge in [-0.25, -0.2) is 4.79 Å². The Kier molecular flexibility index (Phi) is 7.52. The Balaban J connectivity index is 1.58. The lowest BCUT2D eigenvalue weighted by atomic mass is 9.92. The molecule has 3 rings (SSSR count). The molecule has 0 saturated carbocycles. The van der Waals surface area contributed by atoms with Crippen LogP contribution in [0.4, 0.5) is 10.5 Å². The predicted molar refractivity (Wildman–Crippen MR) is 126 cm³/mol. The summed E-state index contributed by atoms with van der Waals surface area (Å²) in [5, 5.41) is 6.12. The molecule has 10 nitrogen and oxygen atoms in total. The summed E-state index contributed by atoms with van der Waals surface area (Å²) in [5.41, 5.74) is 3.22. The summed E-state index contributed by atoms with van der Waals surface area (Å²) in [5.74, 6) is -0.986. The Bertz CT molecular complexity index is 1100. The minimum absolute atomic E-state index is 0.0485. The van der Waals surface area contributed by atoms with Gasteiger partial charge in [0.25, 0.3) is 11.8 Å². The molecule has 1 unspecified atom stereocenters. The highest BCUT2D eigenvalue weighted by Crippen LogP contribution is 2.30. The van der Waals surface area contributed by atoms with Gasteiger partial charge in [0.1, 0.15) is 11.3 Å². The third-order valence-corrected chi connectivity index (χ3v) is 5.57. The third-order valence-electron chi connectivity index (χ3n) is 5.57. The maximum Gasteiger partial charge on any atom is 0.344 e. The number of anilines is 1. The number of methoxy groups -OCH3 is 1. The fourth-order valence-electron chi connectivity index (χ4n) is 3.72. The highest BCUT2D eigenvalue weighted by Gasteiger charge is 2.50. The topological polar surface area (TPSA) is 120 Å². The van der Waals surface area contributed by atoms with Crippen molar-refractivity contribution in [2.45, 2.75) is 25.8 Å². The standard InChI is InChI=1S/C24H29N5O5/c1-5-16-9-6-7-12-19(16)25-20(30)14-28(3)15-21(31)27-29-22(32)24(2,26-23(29)33)17-10-8-11-18(13-17)34-4/h6-13H,5,14-15H2,1-4H3,(H,25,30)(H,26,33)(H,27,31). The van der Waals surface area contributed by atoms with Crippen molar-refractivity contribution < 1.29 is 23.9 Å². The number of para-hydroxylation sites is 1. The van der Waals surface area contributed by atoms with Crippen molar-refractivity contribution >= 4 is 29.4 Å². The van der Waals surface area contributed by atoms with Crippen LogP contribution in [0.25, 0.3) is 0 Å². The van der Waals surface area contributed by atoms with E-state index in [2.05, 4.69) is 16.1 Å². The molecule has 0 aromatic heterocycles. The Labute approximate surface area is 198 Å². The van der Waals surface area contributed by atoms with Crippen LogP contribution in [0.2, 0.25) is 0 Å². The van der Waals surface area contributed by atoms with Crippen LogP contribution in [0.1, 0.15) is 25.0 Å². The van der Waals surface area contributed by atoms with E-state index in [0.717, 1.165) is 17.7 Å². The molecule has 10 heteroatoms. The average molecular weight is 468 g/mol. The molecule has 1 heterocycles. The first-order valence-corrected chi connectivity index (χ1v) is 10.8. The Morgan fingerprint density at radius 3 is 2.50 bits per heavy atom. The van der Waals surface area contributed by atoms with Gasteiger partial charge in [0.05, 0.1) is 20.2 Å². The Morgan fingerprint density at radius 2 is 1.79 bits per heavy atom. The summed E-state index contributed by atoms with van der Waals surface area (Å²) < 4.78 is 5.19. The van der Waals surface area contributed by atoms with Crippen LogP contribution < -0.4 is 20.8 Å². The van der Waals surface area contributed by atoms with E-state index >= 15 is 0 Å². The molecular formula is C24H29N5O5. The minimum atomic E-state index is -1.36. The van der Waals surface area contributed by atoms with Gasteiger partial charge in [0, 0.05) is 5.69 Å². The molecule has 0 aliphatic carbocycles. The molecule has 1 aliphatic heterocycles. The van der Waals surface area contributed by atoms with E-state index in [1.54, 1.807) is 38.2 Å². The fraction of sp³-hybridized carbons (Fsp3) is 0.333. The molecule has 2 aromatic carbocycles. The van der Waals surface area contributed by atoms with Crippen LogP contribution in [0.3, 0.4) is 0 Å². The molecule has 180 valence electrons. The van der Waals surface area contributed by atoms with E-state index in [1.807, 2.05) is 31.2 Å². The van der Waals surface area contributed by atoms with E-state index in [4.69, 9.17) is 4.74 Å². The Hall–Kier alpha value is -3.92. The number of carbonyl (C=O) groups excluding carboxylic acids is 4. The monoisotopic (exact) mass is 467 g/mol. The van der Waals surface area contributed by atoms with E-state index in [-0.39, 0.29) is 19.0 Å². The number of rotatable bonds is 9. The van der Waals surface area contributed by atoms with Gasteiger partial charge in [-0.3, -0.25) is 24.7 Å². The van der Waals surface area contributed by atoms with Crippen molar-refractivity contribution in [1.29, 1.82) is 0 Å². The second-order valence-electron chi connectivity index (χ2n) is 8.19. The zero-order chi connectivity index (χ0) is 24.9. The van der Waals surface area contributed by atoms with Crippen LogP contribution in [-0.4, -0.2) is 60.9 Å². The summed E-state index contributed by atoms with van der Waals surface area (Å²) in [4.78, 5) is 51.9. The summed E-state index contributed by atoms with van der Waals surface area (Å²) in [7, 11) is 3.10. The van der Waals surface area contributed by atoms with Crippen LogP contribution in [0, 0.1) is 0 Å². The molecule has 2 aromatic rings. The molecule has 0 spiro atoms. The van der Waals surface area contributed by atoms with Crippen molar-refractivity contribution in [3.8, 4) is 5.75 Å². The molecule has 0 radical (unpaired) electrons. The molecule has 1 aliphatic rings. The molecule has 0 bridgehead atoms. The number of amides is 5. The van der Waals surface area contributed by atoms with Gasteiger partial charge in [-0.2, -0.15) is 5.01 Å². The predicted octanol–water partition coefficient (Wildman–Crippen LogP) is 1.63.